The maximum atomic E-state index is 14.8. The highest BCUT2D eigenvalue weighted by Crippen LogP contribution is 2.45. The van der Waals surface area contributed by atoms with Crippen LogP contribution in [0.5, 0.6) is 0 Å². The molecule has 0 amide bonds. The molecule has 134 valence electrons. The molecule has 0 aliphatic heterocycles. The Bertz CT molecular complexity index is 921. The van der Waals surface area contributed by atoms with E-state index in [0.29, 0.717) is 0 Å². The highest BCUT2D eigenvalue weighted by Gasteiger charge is 2.39. The van der Waals surface area contributed by atoms with Gasteiger partial charge in [0, 0.05) is 17.7 Å². The van der Waals surface area contributed by atoms with E-state index >= 15 is 0 Å². The third-order valence-corrected chi connectivity index (χ3v) is 7.12. The summed E-state index contributed by atoms with van der Waals surface area (Å²) in [6.45, 7) is 0. The van der Waals surface area contributed by atoms with Gasteiger partial charge in [0.1, 0.15) is 5.69 Å². The zero-order valence-corrected chi connectivity index (χ0v) is 14.5. The summed E-state index contributed by atoms with van der Waals surface area (Å²) in [7, 11) is -3.06. The molecular weight excluding hydrogens is 365 g/mol. The molecule has 3 rings (SSSR count). The minimum atomic E-state index is -4.19. The molecule has 2 nitrogen and oxygen atoms in total. The van der Waals surface area contributed by atoms with Crippen LogP contribution in [-0.4, -0.2) is 7.05 Å². The summed E-state index contributed by atoms with van der Waals surface area (Å²) < 4.78 is 72.1. The van der Waals surface area contributed by atoms with Gasteiger partial charge in [0.05, 0.1) is 5.30 Å². The Hall–Kier alpha value is -2.59. The molecule has 26 heavy (non-hydrogen) atoms. The first-order chi connectivity index (χ1) is 12.4. The average molecular weight is 379 g/mol. The van der Waals surface area contributed by atoms with Crippen LogP contribution in [-0.2, 0) is 4.57 Å². The molecule has 7 heteroatoms. The normalized spacial score (nSPS) is 11.4. The van der Waals surface area contributed by atoms with E-state index in [-0.39, 0.29) is 10.6 Å². The minimum Gasteiger partial charge on any atom is -0.383 e. The lowest BCUT2D eigenvalue weighted by molar-refractivity contribution is 0.467. The standard InChI is InChI=1S/C19H14F4NOP/c1-24-18-14(20)16(22)19(17(23)15(18)21)26(25,12-8-4-2-5-9-12)13-10-6-3-7-11-13/h2-11,24H,1H3. The summed E-state index contributed by atoms with van der Waals surface area (Å²) in [5.74, 6) is -6.59. The third kappa shape index (κ3) is 2.71. The molecule has 0 aromatic heterocycles. The molecule has 0 radical (unpaired) electrons. The summed E-state index contributed by atoms with van der Waals surface area (Å²) >= 11 is 0. The zero-order valence-electron chi connectivity index (χ0n) is 13.6. The topological polar surface area (TPSA) is 29.1 Å². The van der Waals surface area contributed by atoms with Crippen LogP contribution in [0.15, 0.2) is 60.7 Å². The van der Waals surface area contributed by atoms with E-state index in [2.05, 4.69) is 5.32 Å². The van der Waals surface area contributed by atoms with Crippen molar-refractivity contribution < 1.29 is 22.1 Å². The Morgan fingerprint density at radius 2 is 1.08 bits per heavy atom. The van der Waals surface area contributed by atoms with E-state index in [1.54, 1.807) is 12.1 Å². The molecule has 0 saturated heterocycles. The van der Waals surface area contributed by atoms with Gasteiger partial charge in [0.2, 0.25) is 0 Å². The molecule has 0 heterocycles. The van der Waals surface area contributed by atoms with Gasteiger partial charge in [-0.25, -0.2) is 17.6 Å². The number of rotatable bonds is 4. The number of nitrogens with one attached hydrogen (secondary N) is 1. The van der Waals surface area contributed by atoms with Crippen molar-refractivity contribution in [1.29, 1.82) is 0 Å². The van der Waals surface area contributed by atoms with Crippen LogP contribution in [0, 0.1) is 23.3 Å². The van der Waals surface area contributed by atoms with Gasteiger partial charge in [-0.15, -0.1) is 0 Å². The number of hydrogen-bond donors (Lipinski definition) is 1. The van der Waals surface area contributed by atoms with E-state index < -0.39 is 41.4 Å². The van der Waals surface area contributed by atoms with Crippen molar-refractivity contribution in [3.8, 4) is 0 Å². The molecule has 0 atom stereocenters. The monoisotopic (exact) mass is 379 g/mol. The van der Waals surface area contributed by atoms with E-state index in [9.17, 15) is 22.1 Å². The van der Waals surface area contributed by atoms with Crippen molar-refractivity contribution in [3.63, 3.8) is 0 Å². The Balaban J connectivity index is 2.45. The SMILES string of the molecule is CNc1c(F)c(F)c(P(=O)(c2ccccc2)c2ccccc2)c(F)c1F. The first-order valence-corrected chi connectivity index (χ1v) is 9.39. The maximum Gasteiger partial charge on any atom is 0.185 e. The summed E-state index contributed by atoms with van der Waals surface area (Å²) in [5, 5.41) is 1.12. The Kier molecular flexibility index (Phi) is 4.88. The highest BCUT2D eigenvalue weighted by atomic mass is 31.2. The lowest BCUT2D eigenvalue weighted by atomic mass is 10.2. The van der Waals surface area contributed by atoms with E-state index in [4.69, 9.17) is 0 Å². The molecule has 3 aromatic carbocycles. The van der Waals surface area contributed by atoms with Crippen LogP contribution in [0.2, 0.25) is 0 Å². The average Bonchev–Trinajstić information content (AvgIpc) is 2.68. The zero-order chi connectivity index (χ0) is 18.9. The molecule has 0 spiro atoms. The lowest BCUT2D eigenvalue weighted by Gasteiger charge is -2.22. The van der Waals surface area contributed by atoms with Gasteiger partial charge in [-0.2, -0.15) is 0 Å². The van der Waals surface area contributed by atoms with Crippen molar-refractivity contribution in [1.82, 2.24) is 0 Å². The molecule has 0 bridgehead atoms. The quantitative estimate of drug-likeness (QED) is 0.423. The molecule has 0 aliphatic rings. The fourth-order valence-corrected chi connectivity index (χ4v) is 5.55. The van der Waals surface area contributed by atoms with Crippen LogP contribution in [0.4, 0.5) is 23.2 Å². The van der Waals surface area contributed by atoms with Crippen molar-refractivity contribution in [2.24, 2.45) is 0 Å². The van der Waals surface area contributed by atoms with Gasteiger partial charge in [-0.1, -0.05) is 60.7 Å². The molecule has 0 fully saturated rings. The Morgan fingerprint density at radius 1 is 0.692 bits per heavy atom. The van der Waals surface area contributed by atoms with E-state index in [1.807, 2.05) is 0 Å². The number of halogens is 4. The second kappa shape index (κ2) is 6.96. The second-order valence-electron chi connectivity index (χ2n) is 5.51. The van der Waals surface area contributed by atoms with Gasteiger partial charge in [0.25, 0.3) is 0 Å². The summed E-state index contributed by atoms with van der Waals surface area (Å²) in [5.41, 5.74) is -0.948. The highest BCUT2D eigenvalue weighted by molar-refractivity contribution is 7.85. The van der Waals surface area contributed by atoms with Gasteiger partial charge in [0.15, 0.2) is 30.4 Å². The van der Waals surface area contributed by atoms with E-state index in [1.165, 1.54) is 48.5 Å². The molecule has 3 aromatic rings. The smallest absolute Gasteiger partial charge is 0.185 e. The second-order valence-corrected chi connectivity index (χ2v) is 8.21. The van der Waals surface area contributed by atoms with Crippen LogP contribution in [0.25, 0.3) is 0 Å². The molecule has 0 aliphatic carbocycles. The number of anilines is 1. The molecule has 0 saturated carbocycles. The van der Waals surface area contributed by atoms with Gasteiger partial charge >= 0.3 is 0 Å². The molecular formula is C19H14F4NOP. The predicted molar refractivity (Wildman–Crippen MR) is 95.2 cm³/mol. The van der Waals surface area contributed by atoms with Crippen molar-refractivity contribution >= 4 is 28.7 Å². The van der Waals surface area contributed by atoms with Gasteiger partial charge in [-0.05, 0) is 0 Å². The van der Waals surface area contributed by atoms with Gasteiger partial charge in [-0.3, -0.25) is 0 Å². The van der Waals surface area contributed by atoms with Gasteiger partial charge < -0.3 is 9.88 Å². The largest absolute Gasteiger partial charge is 0.383 e. The fourth-order valence-electron chi connectivity index (χ4n) is 2.80. The lowest BCUT2D eigenvalue weighted by Crippen LogP contribution is -2.31. The number of benzene rings is 3. The van der Waals surface area contributed by atoms with Crippen molar-refractivity contribution in [2.75, 3.05) is 12.4 Å². The summed E-state index contributed by atoms with van der Waals surface area (Å²) in [6, 6.07) is 15.1. The van der Waals surface area contributed by atoms with Crippen LogP contribution in [0.3, 0.4) is 0 Å². The van der Waals surface area contributed by atoms with E-state index in [0.717, 1.165) is 7.05 Å². The molecule has 1 N–H and O–H groups in total. The van der Waals surface area contributed by atoms with Crippen LogP contribution >= 0.6 is 7.14 Å². The summed E-state index contributed by atoms with van der Waals surface area (Å²) in [4.78, 5) is 0. The van der Waals surface area contributed by atoms with Crippen molar-refractivity contribution in [3.05, 3.63) is 83.9 Å². The number of hydrogen-bond acceptors (Lipinski definition) is 2. The third-order valence-electron chi connectivity index (χ3n) is 4.04. The molecule has 0 unspecified atom stereocenters. The van der Waals surface area contributed by atoms with Crippen LogP contribution < -0.4 is 21.2 Å². The minimum absolute atomic E-state index is 0.0695. The van der Waals surface area contributed by atoms with Crippen LogP contribution in [0.1, 0.15) is 0 Å². The Morgan fingerprint density at radius 3 is 1.42 bits per heavy atom. The first kappa shape index (κ1) is 18.2. The summed E-state index contributed by atoms with van der Waals surface area (Å²) in [6.07, 6.45) is 0. The first-order valence-electron chi connectivity index (χ1n) is 7.68. The van der Waals surface area contributed by atoms with Crippen molar-refractivity contribution in [2.45, 2.75) is 0 Å². The predicted octanol–water partition coefficient (Wildman–Crippen LogP) is 3.92. The fraction of sp³-hybridized carbons (Fsp3) is 0.0526. The maximum absolute atomic E-state index is 14.8. The Labute approximate surface area is 147 Å².